The van der Waals surface area contributed by atoms with E-state index in [2.05, 4.69) is 0 Å². The summed E-state index contributed by atoms with van der Waals surface area (Å²) in [6, 6.07) is 6.42. The van der Waals surface area contributed by atoms with E-state index >= 15 is 0 Å². The normalized spacial score (nSPS) is 15.4. The summed E-state index contributed by atoms with van der Waals surface area (Å²) in [5.41, 5.74) is 0. The van der Waals surface area contributed by atoms with Crippen LogP contribution in [0.5, 0.6) is 0 Å². The third-order valence-corrected chi connectivity index (χ3v) is 3.37. The summed E-state index contributed by atoms with van der Waals surface area (Å²) in [6.07, 6.45) is 0. The molecule has 0 radical (unpaired) electrons. The Morgan fingerprint density at radius 3 is 1.91 bits per heavy atom. The molecular weight excluding hydrogens is 218 g/mol. The van der Waals surface area contributed by atoms with Crippen LogP contribution >= 0.6 is 0 Å². The Labute approximate surface area is 64.0 Å². The minimum absolute atomic E-state index is 0.563. The quantitative estimate of drug-likeness (QED) is 0.643. The van der Waals surface area contributed by atoms with Crippen LogP contribution in [0.3, 0.4) is 0 Å². The average molecular weight is 225 g/mol. The molecule has 0 heterocycles. The molecule has 0 bridgehead atoms. The molecule has 0 saturated carbocycles. The fourth-order valence-corrected chi connectivity index (χ4v) is 1.94. The van der Waals surface area contributed by atoms with Crippen molar-refractivity contribution in [2.45, 2.75) is 0 Å². The second kappa shape index (κ2) is 2.19. The number of hydrogen-bond donors (Lipinski definition) is 2. The van der Waals surface area contributed by atoms with Crippen molar-refractivity contribution in [2.75, 3.05) is 0 Å². The SMILES string of the molecule is O=[Se](O)(O)(F)c1ccccc1. The van der Waals surface area contributed by atoms with Crippen LogP contribution in [0.2, 0.25) is 0 Å². The second-order valence-electron chi connectivity index (χ2n) is 2.09. The van der Waals surface area contributed by atoms with E-state index in [1.54, 1.807) is 6.07 Å². The first kappa shape index (κ1) is 8.49. The Morgan fingerprint density at radius 1 is 1.18 bits per heavy atom. The first-order chi connectivity index (χ1) is 4.86. The van der Waals surface area contributed by atoms with Crippen LogP contribution in [0, 0.1) is 0 Å². The molecule has 0 amide bonds. The standard InChI is InChI=1S/C6H7FO3Se/c7-11(8,9,10)6-4-2-1-3-5-6/h1-5H,(H2,8,9,10). The van der Waals surface area contributed by atoms with Crippen molar-refractivity contribution in [1.82, 2.24) is 0 Å². The number of hydrogen-bond acceptors (Lipinski definition) is 1. The Balaban J connectivity index is 3.26. The Hall–Kier alpha value is -0.611. The number of benzene rings is 1. The van der Waals surface area contributed by atoms with Crippen molar-refractivity contribution in [3.05, 3.63) is 30.3 Å². The van der Waals surface area contributed by atoms with Gasteiger partial charge < -0.3 is 0 Å². The van der Waals surface area contributed by atoms with Crippen molar-refractivity contribution in [1.29, 1.82) is 0 Å². The molecule has 0 aliphatic heterocycles. The summed E-state index contributed by atoms with van der Waals surface area (Å²) in [6.45, 7) is 0. The molecule has 0 spiro atoms. The Kier molecular flexibility index (Phi) is 1.69. The fraction of sp³-hybridized carbons (Fsp3) is 0. The molecule has 0 atom stereocenters. The molecule has 2 N–H and O–H groups in total. The van der Waals surface area contributed by atoms with E-state index in [1.165, 1.54) is 12.1 Å². The van der Waals surface area contributed by atoms with Gasteiger partial charge in [-0.25, -0.2) is 0 Å². The molecule has 11 heavy (non-hydrogen) atoms. The van der Waals surface area contributed by atoms with E-state index in [0.29, 0.717) is 0 Å². The monoisotopic (exact) mass is 226 g/mol. The van der Waals surface area contributed by atoms with Gasteiger partial charge in [-0.05, 0) is 0 Å². The van der Waals surface area contributed by atoms with Gasteiger partial charge in [-0.1, -0.05) is 0 Å². The van der Waals surface area contributed by atoms with Crippen molar-refractivity contribution in [3.63, 3.8) is 0 Å². The maximum absolute atomic E-state index is 12.5. The van der Waals surface area contributed by atoms with Crippen LogP contribution in [-0.4, -0.2) is 21.2 Å². The van der Waals surface area contributed by atoms with E-state index in [1.807, 2.05) is 0 Å². The molecule has 62 valence electrons. The summed E-state index contributed by atoms with van der Waals surface area (Å²) in [5, 5.41) is 0. The van der Waals surface area contributed by atoms with Crippen molar-refractivity contribution >= 4 is 17.3 Å². The summed E-state index contributed by atoms with van der Waals surface area (Å²) < 4.78 is 39.4. The predicted octanol–water partition coefficient (Wildman–Crippen LogP) is -0.332. The summed E-state index contributed by atoms with van der Waals surface area (Å²) in [7, 11) is 0. The van der Waals surface area contributed by atoms with Gasteiger partial charge in [-0.15, -0.1) is 0 Å². The van der Waals surface area contributed by atoms with Crippen LogP contribution in [0.25, 0.3) is 0 Å². The topological polar surface area (TPSA) is 57.5 Å². The molecule has 0 aliphatic rings. The Morgan fingerprint density at radius 2 is 1.64 bits per heavy atom. The fourth-order valence-electron chi connectivity index (χ4n) is 0.649. The predicted molar refractivity (Wildman–Crippen MR) is 38.1 cm³/mol. The first-order valence-corrected chi connectivity index (χ1v) is 6.54. The van der Waals surface area contributed by atoms with E-state index < -0.39 is 17.3 Å². The molecule has 5 heteroatoms. The molecular formula is C6H7FO3Se. The maximum atomic E-state index is 12.5. The first-order valence-electron chi connectivity index (χ1n) is 2.80. The van der Waals surface area contributed by atoms with Gasteiger partial charge in [0.2, 0.25) is 0 Å². The van der Waals surface area contributed by atoms with E-state index in [4.69, 9.17) is 8.38 Å². The van der Waals surface area contributed by atoms with Gasteiger partial charge >= 0.3 is 63.4 Å². The van der Waals surface area contributed by atoms with Gasteiger partial charge in [0.15, 0.2) is 0 Å². The average Bonchev–Trinajstić information content (AvgIpc) is 1.86. The summed E-state index contributed by atoms with van der Waals surface area (Å²) >= 11 is -6.62. The van der Waals surface area contributed by atoms with Crippen LogP contribution in [0.4, 0.5) is 3.55 Å². The third kappa shape index (κ3) is 2.16. The molecule has 1 aromatic rings. The van der Waals surface area contributed by atoms with Crippen LogP contribution in [0.1, 0.15) is 0 Å². The zero-order chi connectivity index (χ0) is 8.56. The minimum atomic E-state index is -6.62. The van der Waals surface area contributed by atoms with Crippen LogP contribution < -0.4 is 4.46 Å². The van der Waals surface area contributed by atoms with Crippen LogP contribution in [-0.2, 0) is 3.83 Å². The van der Waals surface area contributed by atoms with Crippen molar-refractivity contribution in [3.8, 4) is 0 Å². The summed E-state index contributed by atoms with van der Waals surface area (Å²) in [4.78, 5) is 0. The number of halogens is 1. The molecule has 0 unspecified atom stereocenters. The van der Waals surface area contributed by atoms with Crippen molar-refractivity contribution < 1.29 is 15.8 Å². The van der Waals surface area contributed by atoms with Gasteiger partial charge in [-0.2, -0.15) is 0 Å². The summed E-state index contributed by atoms with van der Waals surface area (Å²) in [5.74, 6) is 0. The van der Waals surface area contributed by atoms with E-state index in [-0.39, 0.29) is 0 Å². The molecule has 0 aromatic heterocycles. The van der Waals surface area contributed by atoms with Gasteiger partial charge in [0.1, 0.15) is 0 Å². The van der Waals surface area contributed by atoms with Crippen LogP contribution in [0.15, 0.2) is 30.3 Å². The van der Waals surface area contributed by atoms with E-state index in [0.717, 1.165) is 12.1 Å². The van der Waals surface area contributed by atoms with E-state index in [9.17, 15) is 7.39 Å². The second-order valence-corrected chi connectivity index (χ2v) is 6.33. The zero-order valence-electron chi connectivity index (χ0n) is 5.48. The Bertz CT molecular complexity index is 305. The molecule has 3 nitrogen and oxygen atoms in total. The molecule has 0 aliphatic carbocycles. The van der Waals surface area contributed by atoms with Gasteiger partial charge in [-0.3, -0.25) is 0 Å². The van der Waals surface area contributed by atoms with Gasteiger partial charge in [0.05, 0.1) is 0 Å². The van der Waals surface area contributed by atoms with Gasteiger partial charge in [0.25, 0.3) is 0 Å². The zero-order valence-corrected chi connectivity index (χ0v) is 7.19. The third-order valence-electron chi connectivity index (χ3n) is 1.14. The molecule has 1 aromatic carbocycles. The molecule has 0 fully saturated rings. The number of rotatable bonds is 1. The van der Waals surface area contributed by atoms with Crippen molar-refractivity contribution in [2.24, 2.45) is 0 Å². The molecule has 1 rings (SSSR count). The molecule has 0 saturated heterocycles. The van der Waals surface area contributed by atoms with Gasteiger partial charge in [0, 0.05) is 0 Å².